The molecule has 1 aromatic heterocycles. The van der Waals surface area contributed by atoms with Crippen molar-refractivity contribution < 1.29 is 14.0 Å². The molecule has 0 radical (unpaired) electrons. The van der Waals surface area contributed by atoms with Crippen molar-refractivity contribution in [2.75, 3.05) is 10.2 Å². The summed E-state index contributed by atoms with van der Waals surface area (Å²) in [5.74, 6) is -0.0137. The number of allylic oxidation sites excluding steroid dienone is 1. The number of para-hydroxylation sites is 2. The number of carbonyl (C=O) groups is 2. The molecule has 2 aliphatic rings. The molecule has 35 heavy (non-hydrogen) atoms. The fraction of sp³-hybridized carbons (Fsp3) is 0.259. The average molecular weight is 510 g/mol. The molecule has 2 heterocycles. The highest BCUT2D eigenvalue weighted by Crippen LogP contribution is 2.49. The summed E-state index contributed by atoms with van der Waals surface area (Å²) in [6.07, 6.45) is 4.17. The molecule has 6 nitrogen and oxygen atoms in total. The van der Waals surface area contributed by atoms with Crippen LogP contribution in [0.2, 0.25) is 10.0 Å². The van der Waals surface area contributed by atoms with Crippen molar-refractivity contribution in [3.63, 3.8) is 0 Å². The van der Waals surface area contributed by atoms with Gasteiger partial charge in [-0.3, -0.25) is 9.69 Å². The van der Waals surface area contributed by atoms with Crippen molar-refractivity contribution in [2.24, 2.45) is 5.41 Å². The molecule has 0 spiro atoms. The second-order valence-electron chi connectivity index (χ2n) is 9.70. The number of benzene rings is 2. The van der Waals surface area contributed by atoms with E-state index in [9.17, 15) is 9.59 Å². The molecular formula is C27H25Cl2N3O3. The molecule has 0 bridgehead atoms. The first-order chi connectivity index (χ1) is 16.7. The molecule has 1 atom stereocenters. The molecule has 3 aromatic rings. The quantitative estimate of drug-likeness (QED) is 0.394. The van der Waals surface area contributed by atoms with E-state index in [0.717, 1.165) is 16.9 Å². The Morgan fingerprint density at radius 3 is 2.71 bits per heavy atom. The molecule has 0 saturated carbocycles. The number of hydrogen-bond acceptors (Lipinski definition) is 4. The first-order valence-corrected chi connectivity index (χ1v) is 12.1. The number of furan rings is 1. The first kappa shape index (κ1) is 23.5. The van der Waals surface area contributed by atoms with Crippen molar-refractivity contribution in [1.82, 2.24) is 5.32 Å². The van der Waals surface area contributed by atoms with E-state index in [-0.39, 0.29) is 23.8 Å². The van der Waals surface area contributed by atoms with E-state index >= 15 is 0 Å². The molecule has 1 unspecified atom stereocenters. The number of amides is 2. The standard InChI is InChI=1S/C27H25Cl2N3O3/c1-27(2)12-21-24(23(33)13-27)25(18-8-7-17(28)11-19(18)29)32(22-6-4-3-5-20(22)31-21)26(34)30-14-16-9-10-35-15-16/h3-11,15,25,31H,12-14H2,1-2H3,(H,30,34). The van der Waals surface area contributed by atoms with Crippen LogP contribution >= 0.6 is 23.2 Å². The second-order valence-corrected chi connectivity index (χ2v) is 10.5. The van der Waals surface area contributed by atoms with E-state index in [1.807, 2.05) is 24.3 Å². The van der Waals surface area contributed by atoms with E-state index in [0.29, 0.717) is 39.7 Å². The maximum atomic E-state index is 13.8. The van der Waals surface area contributed by atoms with Crippen molar-refractivity contribution >= 4 is 46.4 Å². The predicted molar refractivity (Wildman–Crippen MR) is 138 cm³/mol. The summed E-state index contributed by atoms with van der Waals surface area (Å²) < 4.78 is 5.13. The zero-order valence-corrected chi connectivity index (χ0v) is 20.9. The Hall–Kier alpha value is -3.22. The van der Waals surface area contributed by atoms with Crippen LogP contribution in [0.1, 0.15) is 43.9 Å². The highest BCUT2D eigenvalue weighted by atomic mass is 35.5. The Morgan fingerprint density at radius 2 is 1.97 bits per heavy atom. The topological polar surface area (TPSA) is 74.6 Å². The SMILES string of the molecule is CC1(C)CC(=O)C2=C(C1)Nc1ccccc1N(C(=O)NCc1ccoc1)C2c1ccc(Cl)cc1Cl. The van der Waals surface area contributed by atoms with Crippen LogP contribution in [-0.2, 0) is 11.3 Å². The summed E-state index contributed by atoms with van der Waals surface area (Å²) in [6.45, 7) is 4.43. The highest BCUT2D eigenvalue weighted by molar-refractivity contribution is 6.35. The maximum absolute atomic E-state index is 13.8. The lowest BCUT2D eigenvalue weighted by Crippen LogP contribution is -2.44. The van der Waals surface area contributed by atoms with Crippen LogP contribution < -0.4 is 15.5 Å². The largest absolute Gasteiger partial charge is 0.472 e. The van der Waals surface area contributed by atoms with Crippen LogP contribution in [0.5, 0.6) is 0 Å². The lowest BCUT2D eigenvalue weighted by Gasteiger charge is -2.37. The van der Waals surface area contributed by atoms with E-state index in [2.05, 4.69) is 24.5 Å². The zero-order valence-electron chi connectivity index (χ0n) is 19.4. The van der Waals surface area contributed by atoms with Crippen LogP contribution in [0.4, 0.5) is 16.2 Å². The van der Waals surface area contributed by atoms with Crippen LogP contribution in [0.3, 0.4) is 0 Å². The predicted octanol–water partition coefficient (Wildman–Crippen LogP) is 7.11. The number of rotatable bonds is 3. The maximum Gasteiger partial charge on any atom is 0.323 e. The summed E-state index contributed by atoms with van der Waals surface area (Å²) in [6, 6.07) is 13.4. The molecule has 8 heteroatoms. The van der Waals surface area contributed by atoms with Gasteiger partial charge in [0.1, 0.15) is 0 Å². The van der Waals surface area contributed by atoms with Crippen molar-refractivity contribution in [1.29, 1.82) is 0 Å². The fourth-order valence-electron chi connectivity index (χ4n) is 4.88. The summed E-state index contributed by atoms with van der Waals surface area (Å²) in [4.78, 5) is 29.1. The Morgan fingerprint density at radius 1 is 1.17 bits per heavy atom. The number of urea groups is 1. The summed E-state index contributed by atoms with van der Waals surface area (Å²) in [7, 11) is 0. The van der Waals surface area contributed by atoms with Gasteiger partial charge in [-0.2, -0.15) is 0 Å². The smallest absolute Gasteiger partial charge is 0.323 e. The van der Waals surface area contributed by atoms with Gasteiger partial charge in [-0.1, -0.05) is 55.2 Å². The molecule has 2 amide bonds. The summed E-state index contributed by atoms with van der Waals surface area (Å²) in [5, 5.41) is 7.33. The van der Waals surface area contributed by atoms with Gasteiger partial charge in [-0.25, -0.2) is 4.79 Å². The first-order valence-electron chi connectivity index (χ1n) is 11.4. The summed E-state index contributed by atoms with van der Waals surface area (Å²) >= 11 is 12.9. The van der Waals surface area contributed by atoms with E-state index in [1.165, 1.54) is 0 Å². The lowest BCUT2D eigenvalue weighted by atomic mass is 9.73. The zero-order chi connectivity index (χ0) is 24.7. The number of halogens is 2. The van der Waals surface area contributed by atoms with Gasteiger partial charge < -0.3 is 15.1 Å². The molecule has 1 aliphatic carbocycles. The van der Waals surface area contributed by atoms with Crippen molar-refractivity contribution in [3.8, 4) is 0 Å². The van der Waals surface area contributed by atoms with Gasteiger partial charge in [0.15, 0.2) is 5.78 Å². The second kappa shape index (κ2) is 9.10. The van der Waals surface area contributed by atoms with Crippen LogP contribution in [0, 0.1) is 5.41 Å². The minimum Gasteiger partial charge on any atom is -0.472 e. The van der Waals surface area contributed by atoms with Gasteiger partial charge in [0.05, 0.1) is 29.9 Å². The Bertz CT molecular complexity index is 1330. The highest BCUT2D eigenvalue weighted by Gasteiger charge is 2.43. The van der Waals surface area contributed by atoms with Gasteiger partial charge in [0.2, 0.25) is 0 Å². The van der Waals surface area contributed by atoms with E-state index in [1.54, 1.807) is 41.7 Å². The molecule has 2 N–H and O–H groups in total. The van der Waals surface area contributed by atoms with E-state index in [4.69, 9.17) is 27.6 Å². The Labute approximate surface area is 213 Å². The average Bonchev–Trinajstić information content (AvgIpc) is 3.26. The molecule has 0 saturated heterocycles. The third-order valence-corrected chi connectivity index (χ3v) is 6.96. The third-order valence-electron chi connectivity index (χ3n) is 6.40. The lowest BCUT2D eigenvalue weighted by molar-refractivity contribution is -0.118. The minimum absolute atomic E-state index is 0.0137. The Kier molecular flexibility index (Phi) is 6.11. The number of nitrogens with one attached hydrogen (secondary N) is 2. The van der Waals surface area contributed by atoms with Gasteiger partial charge >= 0.3 is 6.03 Å². The van der Waals surface area contributed by atoms with E-state index < -0.39 is 6.04 Å². The summed E-state index contributed by atoms with van der Waals surface area (Å²) in [5.41, 5.74) is 3.99. The molecule has 2 aromatic carbocycles. The number of hydrogen-bond donors (Lipinski definition) is 2. The monoisotopic (exact) mass is 509 g/mol. The van der Waals surface area contributed by atoms with Crippen LogP contribution in [0.25, 0.3) is 0 Å². The molecule has 1 aliphatic heterocycles. The molecule has 180 valence electrons. The van der Waals surface area contributed by atoms with Gasteiger partial charge in [-0.15, -0.1) is 0 Å². The number of ketones is 1. The number of anilines is 2. The number of nitrogens with zero attached hydrogens (tertiary/aromatic N) is 1. The Balaban J connectivity index is 1.70. The number of fused-ring (bicyclic) bond motifs is 1. The molecule has 5 rings (SSSR count). The number of Topliss-reactive ketones (excluding diaryl/α,β-unsaturated/α-hetero) is 1. The van der Waals surface area contributed by atoms with Crippen LogP contribution in [0.15, 0.2) is 76.7 Å². The molecule has 0 fully saturated rings. The third kappa shape index (κ3) is 4.56. The fourth-order valence-corrected chi connectivity index (χ4v) is 5.40. The number of carbonyl (C=O) groups excluding carboxylic acids is 2. The van der Waals surface area contributed by atoms with Gasteiger partial charge in [0.25, 0.3) is 0 Å². The van der Waals surface area contributed by atoms with Gasteiger partial charge in [0, 0.05) is 39.8 Å². The normalized spacial score (nSPS) is 18.9. The van der Waals surface area contributed by atoms with Crippen molar-refractivity contribution in [3.05, 3.63) is 93.5 Å². The minimum atomic E-state index is -0.737. The van der Waals surface area contributed by atoms with Gasteiger partial charge in [-0.05, 0) is 47.7 Å². The van der Waals surface area contributed by atoms with Crippen LogP contribution in [-0.4, -0.2) is 11.8 Å². The van der Waals surface area contributed by atoms with Crippen molar-refractivity contribution in [2.45, 2.75) is 39.3 Å². The molecular weight excluding hydrogens is 485 g/mol.